The van der Waals surface area contributed by atoms with E-state index in [4.69, 9.17) is 4.74 Å². The number of carbonyl (C=O) groups excluding carboxylic acids is 1. The van der Waals surface area contributed by atoms with E-state index in [1.807, 2.05) is 55.5 Å². The Bertz CT molecular complexity index is 874. The van der Waals surface area contributed by atoms with Crippen molar-refractivity contribution in [1.29, 1.82) is 0 Å². The molecule has 3 rings (SSSR count). The van der Waals surface area contributed by atoms with Crippen LogP contribution in [0.5, 0.6) is 5.75 Å². The molecular formula is C19H20BrN3O2. The standard InChI is InChI=1S/C19H20BrN3O2/c1-13(25-16-9-7-15(20)8-10-16)19(24)21-11-12-23-14(2)22-17-5-3-4-6-18(17)23/h3-10,13H,11-12H2,1-2H3,(H,21,24)/t13-/m0/s1. The van der Waals surface area contributed by atoms with Crippen molar-refractivity contribution in [3.63, 3.8) is 0 Å². The van der Waals surface area contributed by atoms with Gasteiger partial charge in [0.15, 0.2) is 6.10 Å². The average molecular weight is 402 g/mol. The lowest BCUT2D eigenvalue weighted by Crippen LogP contribution is -2.38. The Kier molecular flexibility index (Phi) is 5.38. The number of aromatic nitrogens is 2. The molecule has 6 heteroatoms. The maximum Gasteiger partial charge on any atom is 0.260 e. The molecule has 0 saturated carbocycles. The summed E-state index contributed by atoms with van der Waals surface area (Å²) in [5.74, 6) is 1.47. The number of carbonyl (C=O) groups is 1. The van der Waals surface area contributed by atoms with Crippen molar-refractivity contribution in [1.82, 2.24) is 14.9 Å². The van der Waals surface area contributed by atoms with E-state index in [9.17, 15) is 4.79 Å². The Morgan fingerprint density at radius 3 is 2.72 bits per heavy atom. The number of rotatable bonds is 6. The van der Waals surface area contributed by atoms with Gasteiger partial charge in [-0.15, -0.1) is 0 Å². The molecule has 1 amide bonds. The lowest BCUT2D eigenvalue weighted by atomic mass is 10.3. The van der Waals surface area contributed by atoms with Gasteiger partial charge in [0.25, 0.3) is 5.91 Å². The van der Waals surface area contributed by atoms with Crippen molar-refractivity contribution in [3.8, 4) is 5.75 Å². The minimum Gasteiger partial charge on any atom is -0.481 e. The van der Waals surface area contributed by atoms with E-state index in [0.717, 1.165) is 21.3 Å². The van der Waals surface area contributed by atoms with Gasteiger partial charge >= 0.3 is 0 Å². The number of fused-ring (bicyclic) bond motifs is 1. The smallest absolute Gasteiger partial charge is 0.260 e. The second-order valence-corrected chi connectivity index (χ2v) is 6.72. The molecule has 0 fully saturated rings. The Hall–Kier alpha value is -2.34. The van der Waals surface area contributed by atoms with E-state index >= 15 is 0 Å². The summed E-state index contributed by atoms with van der Waals surface area (Å²) in [5, 5.41) is 2.92. The lowest BCUT2D eigenvalue weighted by Gasteiger charge is -2.15. The number of ether oxygens (including phenoxy) is 1. The van der Waals surface area contributed by atoms with Crippen LogP contribution in [0.15, 0.2) is 53.0 Å². The molecule has 0 aliphatic rings. The summed E-state index contributed by atoms with van der Waals surface area (Å²) >= 11 is 3.37. The minimum absolute atomic E-state index is 0.134. The topological polar surface area (TPSA) is 56.2 Å². The van der Waals surface area contributed by atoms with Gasteiger partial charge in [0.1, 0.15) is 11.6 Å². The van der Waals surface area contributed by atoms with Crippen LogP contribution in [0.4, 0.5) is 0 Å². The van der Waals surface area contributed by atoms with Crippen LogP contribution in [-0.2, 0) is 11.3 Å². The summed E-state index contributed by atoms with van der Waals surface area (Å²) in [6, 6.07) is 15.4. The number of amides is 1. The third-order valence-electron chi connectivity index (χ3n) is 3.98. The maximum atomic E-state index is 12.2. The maximum absolute atomic E-state index is 12.2. The molecule has 1 aromatic heterocycles. The molecule has 1 heterocycles. The highest BCUT2D eigenvalue weighted by Crippen LogP contribution is 2.17. The van der Waals surface area contributed by atoms with Crippen LogP contribution in [0, 0.1) is 6.92 Å². The van der Waals surface area contributed by atoms with Gasteiger partial charge in [0.05, 0.1) is 11.0 Å². The fraction of sp³-hybridized carbons (Fsp3) is 0.263. The zero-order valence-corrected chi connectivity index (χ0v) is 15.8. The van der Waals surface area contributed by atoms with Gasteiger partial charge in [0.2, 0.25) is 0 Å². The summed E-state index contributed by atoms with van der Waals surface area (Å²) in [4.78, 5) is 16.8. The van der Waals surface area contributed by atoms with Crippen LogP contribution in [-0.4, -0.2) is 28.1 Å². The summed E-state index contributed by atoms with van der Waals surface area (Å²) in [5.41, 5.74) is 2.05. The Labute approximate surface area is 155 Å². The zero-order chi connectivity index (χ0) is 17.8. The highest BCUT2D eigenvalue weighted by atomic mass is 79.9. The summed E-state index contributed by atoms with van der Waals surface area (Å²) in [6.45, 7) is 4.91. The van der Waals surface area contributed by atoms with E-state index in [1.54, 1.807) is 6.92 Å². The predicted molar refractivity (Wildman–Crippen MR) is 102 cm³/mol. The van der Waals surface area contributed by atoms with E-state index in [0.29, 0.717) is 18.8 Å². The van der Waals surface area contributed by atoms with Crippen LogP contribution in [0.2, 0.25) is 0 Å². The van der Waals surface area contributed by atoms with E-state index in [1.165, 1.54) is 0 Å². The van der Waals surface area contributed by atoms with Crippen molar-refractivity contribution in [2.45, 2.75) is 26.5 Å². The number of nitrogens with one attached hydrogen (secondary N) is 1. The molecule has 0 unspecified atom stereocenters. The number of halogens is 1. The van der Waals surface area contributed by atoms with Crippen LogP contribution in [0.3, 0.4) is 0 Å². The Balaban J connectivity index is 1.55. The molecule has 130 valence electrons. The molecule has 0 aliphatic heterocycles. The molecule has 25 heavy (non-hydrogen) atoms. The number of nitrogens with zero attached hydrogens (tertiary/aromatic N) is 2. The Morgan fingerprint density at radius 2 is 1.96 bits per heavy atom. The van der Waals surface area contributed by atoms with Crippen molar-refractivity contribution in [2.24, 2.45) is 0 Å². The highest BCUT2D eigenvalue weighted by molar-refractivity contribution is 9.10. The zero-order valence-electron chi connectivity index (χ0n) is 14.2. The molecule has 2 aromatic carbocycles. The van der Waals surface area contributed by atoms with Gasteiger partial charge in [-0.1, -0.05) is 28.1 Å². The number of para-hydroxylation sites is 2. The Morgan fingerprint density at radius 1 is 1.24 bits per heavy atom. The molecule has 0 spiro atoms. The monoisotopic (exact) mass is 401 g/mol. The second-order valence-electron chi connectivity index (χ2n) is 5.80. The quantitative estimate of drug-likeness (QED) is 0.684. The van der Waals surface area contributed by atoms with Gasteiger partial charge in [-0.05, 0) is 50.2 Å². The number of aryl methyl sites for hydroxylation is 1. The first-order valence-electron chi connectivity index (χ1n) is 8.16. The largest absolute Gasteiger partial charge is 0.481 e. The molecular weight excluding hydrogens is 382 g/mol. The van der Waals surface area contributed by atoms with Gasteiger partial charge in [-0.2, -0.15) is 0 Å². The molecule has 0 radical (unpaired) electrons. The third-order valence-corrected chi connectivity index (χ3v) is 4.50. The number of imidazole rings is 1. The predicted octanol–water partition coefficient (Wildman–Crippen LogP) is 3.69. The first kappa shape index (κ1) is 17.5. The third kappa shape index (κ3) is 4.20. The molecule has 1 N–H and O–H groups in total. The molecule has 5 nitrogen and oxygen atoms in total. The van der Waals surface area contributed by atoms with Crippen LogP contribution < -0.4 is 10.1 Å². The van der Waals surface area contributed by atoms with Gasteiger partial charge in [-0.25, -0.2) is 4.98 Å². The SMILES string of the molecule is Cc1nc2ccccc2n1CCNC(=O)[C@H](C)Oc1ccc(Br)cc1. The second kappa shape index (κ2) is 7.70. The normalized spacial score (nSPS) is 12.1. The van der Waals surface area contributed by atoms with Crippen LogP contribution in [0.25, 0.3) is 11.0 Å². The minimum atomic E-state index is -0.554. The number of hydrogen-bond donors (Lipinski definition) is 1. The average Bonchev–Trinajstić information content (AvgIpc) is 2.92. The first-order valence-corrected chi connectivity index (χ1v) is 8.95. The van der Waals surface area contributed by atoms with Crippen molar-refractivity contribution in [3.05, 3.63) is 58.8 Å². The summed E-state index contributed by atoms with van der Waals surface area (Å²) in [7, 11) is 0. The summed E-state index contributed by atoms with van der Waals surface area (Å²) in [6.07, 6.45) is -0.554. The van der Waals surface area contributed by atoms with Gasteiger partial charge in [-0.3, -0.25) is 4.79 Å². The van der Waals surface area contributed by atoms with Crippen molar-refractivity contribution < 1.29 is 9.53 Å². The van der Waals surface area contributed by atoms with Crippen molar-refractivity contribution in [2.75, 3.05) is 6.54 Å². The van der Waals surface area contributed by atoms with E-state index < -0.39 is 6.10 Å². The van der Waals surface area contributed by atoms with E-state index in [2.05, 4.69) is 30.8 Å². The molecule has 0 saturated heterocycles. The van der Waals surface area contributed by atoms with E-state index in [-0.39, 0.29) is 5.91 Å². The lowest BCUT2D eigenvalue weighted by molar-refractivity contribution is -0.127. The highest BCUT2D eigenvalue weighted by Gasteiger charge is 2.14. The van der Waals surface area contributed by atoms with Crippen LogP contribution >= 0.6 is 15.9 Å². The van der Waals surface area contributed by atoms with Gasteiger partial charge < -0.3 is 14.6 Å². The van der Waals surface area contributed by atoms with Gasteiger partial charge in [0, 0.05) is 17.6 Å². The molecule has 0 aliphatic carbocycles. The molecule has 3 aromatic rings. The summed E-state index contributed by atoms with van der Waals surface area (Å²) < 4.78 is 8.74. The fourth-order valence-electron chi connectivity index (χ4n) is 2.68. The number of hydrogen-bond acceptors (Lipinski definition) is 3. The van der Waals surface area contributed by atoms with Crippen molar-refractivity contribution >= 4 is 32.9 Å². The first-order chi connectivity index (χ1) is 12.0. The molecule has 1 atom stereocenters. The number of benzene rings is 2. The fourth-order valence-corrected chi connectivity index (χ4v) is 2.95. The van der Waals surface area contributed by atoms with Crippen LogP contribution in [0.1, 0.15) is 12.7 Å². The molecule has 0 bridgehead atoms.